The van der Waals surface area contributed by atoms with E-state index in [0.717, 1.165) is 23.1 Å². The second-order valence-corrected chi connectivity index (χ2v) is 3.60. The summed E-state index contributed by atoms with van der Waals surface area (Å²) in [5, 5.41) is 0. The first-order valence-electron chi connectivity index (χ1n) is 5.17. The predicted octanol–water partition coefficient (Wildman–Crippen LogP) is 1.52. The van der Waals surface area contributed by atoms with Crippen LogP contribution in [0.1, 0.15) is 34.3 Å². The van der Waals surface area contributed by atoms with Crippen LogP contribution in [0.5, 0.6) is 0 Å². The van der Waals surface area contributed by atoms with Crippen molar-refractivity contribution in [1.29, 1.82) is 0 Å². The van der Waals surface area contributed by atoms with E-state index in [-0.39, 0.29) is 5.78 Å². The molecule has 1 aromatic carbocycles. The molecule has 0 radical (unpaired) electrons. The van der Waals surface area contributed by atoms with E-state index in [1.54, 1.807) is 0 Å². The Morgan fingerprint density at radius 2 is 2.20 bits per heavy atom. The highest BCUT2D eigenvalue weighted by molar-refractivity contribution is 6.01. The molecule has 2 nitrogen and oxygen atoms in total. The van der Waals surface area contributed by atoms with E-state index in [1.165, 1.54) is 0 Å². The highest BCUT2D eigenvalue weighted by atomic mass is 16.1. The highest BCUT2D eigenvalue weighted by Crippen LogP contribution is 2.24. The molecular weight excluding hydrogens is 186 g/mol. The van der Waals surface area contributed by atoms with Gasteiger partial charge in [0.2, 0.25) is 0 Å². The van der Waals surface area contributed by atoms with Crippen molar-refractivity contribution in [3.8, 4) is 11.8 Å². The number of hydrogen-bond donors (Lipinski definition) is 1. The SMILES string of the molecule is NCCC#Cc1cccc2c1CCC2=O. The minimum Gasteiger partial charge on any atom is -0.330 e. The van der Waals surface area contributed by atoms with Gasteiger partial charge in [-0.05, 0) is 18.1 Å². The molecular formula is C13H13NO. The Balaban J connectivity index is 2.35. The van der Waals surface area contributed by atoms with E-state index >= 15 is 0 Å². The highest BCUT2D eigenvalue weighted by Gasteiger charge is 2.20. The molecule has 0 bridgehead atoms. The van der Waals surface area contributed by atoms with E-state index in [0.29, 0.717) is 19.4 Å². The number of carbonyl (C=O) groups is 1. The maximum atomic E-state index is 11.5. The number of hydrogen-bond acceptors (Lipinski definition) is 2. The molecule has 0 unspecified atom stereocenters. The standard InChI is InChI=1S/C13H13NO/c14-9-2-1-4-10-5-3-6-12-11(10)7-8-13(12)15/h3,5-6H,2,7-9,14H2. The van der Waals surface area contributed by atoms with Crippen LogP contribution in [-0.4, -0.2) is 12.3 Å². The monoisotopic (exact) mass is 199 g/mol. The molecule has 2 N–H and O–H groups in total. The van der Waals surface area contributed by atoms with Crippen molar-refractivity contribution in [3.63, 3.8) is 0 Å². The topological polar surface area (TPSA) is 43.1 Å². The number of carbonyl (C=O) groups excluding carboxylic acids is 1. The summed E-state index contributed by atoms with van der Waals surface area (Å²) in [4.78, 5) is 11.5. The molecule has 76 valence electrons. The van der Waals surface area contributed by atoms with Gasteiger partial charge < -0.3 is 5.73 Å². The van der Waals surface area contributed by atoms with Gasteiger partial charge in [0.25, 0.3) is 0 Å². The number of benzene rings is 1. The molecule has 0 saturated heterocycles. The first-order valence-corrected chi connectivity index (χ1v) is 5.17. The van der Waals surface area contributed by atoms with Gasteiger partial charge in [0.15, 0.2) is 5.78 Å². The largest absolute Gasteiger partial charge is 0.330 e. The van der Waals surface area contributed by atoms with Gasteiger partial charge >= 0.3 is 0 Å². The lowest BCUT2D eigenvalue weighted by Gasteiger charge is -1.99. The molecule has 15 heavy (non-hydrogen) atoms. The van der Waals surface area contributed by atoms with Crippen molar-refractivity contribution in [2.45, 2.75) is 19.3 Å². The lowest BCUT2D eigenvalue weighted by molar-refractivity contribution is 0.0994. The van der Waals surface area contributed by atoms with Gasteiger partial charge in [-0.2, -0.15) is 0 Å². The Morgan fingerprint density at radius 1 is 1.33 bits per heavy atom. The molecule has 0 aromatic heterocycles. The third kappa shape index (κ3) is 1.93. The van der Waals surface area contributed by atoms with Crippen LogP contribution >= 0.6 is 0 Å². The summed E-state index contributed by atoms with van der Waals surface area (Å²) >= 11 is 0. The van der Waals surface area contributed by atoms with E-state index in [1.807, 2.05) is 18.2 Å². The average Bonchev–Trinajstić information content (AvgIpc) is 2.62. The molecule has 1 aliphatic rings. The molecule has 2 heteroatoms. The fraction of sp³-hybridized carbons (Fsp3) is 0.308. The third-order valence-corrected chi connectivity index (χ3v) is 2.57. The maximum absolute atomic E-state index is 11.5. The van der Waals surface area contributed by atoms with Crippen LogP contribution in [0.15, 0.2) is 18.2 Å². The van der Waals surface area contributed by atoms with Gasteiger partial charge in [0.05, 0.1) is 0 Å². The molecule has 2 rings (SSSR count). The summed E-state index contributed by atoms with van der Waals surface area (Å²) in [6.07, 6.45) is 2.17. The van der Waals surface area contributed by atoms with Crippen LogP contribution in [0, 0.1) is 11.8 Å². The van der Waals surface area contributed by atoms with Crippen molar-refractivity contribution in [3.05, 3.63) is 34.9 Å². The Bertz CT molecular complexity index is 451. The third-order valence-electron chi connectivity index (χ3n) is 2.57. The van der Waals surface area contributed by atoms with Crippen LogP contribution in [0.2, 0.25) is 0 Å². The van der Waals surface area contributed by atoms with Crippen LogP contribution in [-0.2, 0) is 6.42 Å². The zero-order valence-corrected chi connectivity index (χ0v) is 8.55. The molecule has 1 aliphatic carbocycles. The fourth-order valence-electron chi connectivity index (χ4n) is 1.84. The Labute approximate surface area is 89.5 Å². The van der Waals surface area contributed by atoms with Crippen molar-refractivity contribution in [2.75, 3.05) is 6.54 Å². The van der Waals surface area contributed by atoms with Crippen molar-refractivity contribution < 1.29 is 4.79 Å². The van der Waals surface area contributed by atoms with E-state index in [9.17, 15) is 4.79 Å². The molecule has 0 aliphatic heterocycles. The van der Waals surface area contributed by atoms with Gasteiger partial charge in [-0.25, -0.2) is 0 Å². The Morgan fingerprint density at radius 3 is 3.00 bits per heavy atom. The summed E-state index contributed by atoms with van der Waals surface area (Å²) in [6, 6.07) is 5.76. The van der Waals surface area contributed by atoms with Crippen molar-refractivity contribution in [2.24, 2.45) is 5.73 Å². The lowest BCUT2D eigenvalue weighted by Crippen LogP contribution is -1.96. The van der Waals surface area contributed by atoms with Gasteiger partial charge in [0.1, 0.15) is 0 Å². The minimum absolute atomic E-state index is 0.243. The summed E-state index contributed by atoms with van der Waals surface area (Å²) < 4.78 is 0. The molecule has 0 heterocycles. The van der Waals surface area contributed by atoms with Crippen LogP contribution in [0.4, 0.5) is 0 Å². The summed E-state index contributed by atoms with van der Waals surface area (Å²) in [5.41, 5.74) is 8.34. The lowest BCUT2D eigenvalue weighted by atomic mass is 10.0. The maximum Gasteiger partial charge on any atom is 0.163 e. The van der Waals surface area contributed by atoms with Gasteiger partial charge in [-0.15, -0.1) is 0 Å². The Kier molecular flexibility index (Phi) is 2.84. The van der Waals surface area contributed by atoms with Crippen LogP contribution < -0.4 is 5.73 Å². The summed E-state index contributed by atoms with van der Waals surface area (Å²) in [5.74, 6) is 6.34. The first kappa shape index (κ1) is 9.95. The molecule has 0 fully saturated rings. The molecule has 0 saturated carbocycles. The van der Waals surface area contributed by atoms with Gasteiger partial charge in [-0.3, -0.25) is 4.79 Å². The number of rotatable bonds is 1. The van der Waals surface area contributed by atoms with Crippen molar-refractivity contribution in [1.82, 2.24) is 0 Å². The van der Waals surface area contributed by atoms with Crippen LogP contribution in [0.3, 0.4) is 0 Å². The van der Waals surface area contributed by atoms with Gasteiger partial charge in [0, 0.05) is 30.5 Å². The zero-order valence-electron chi connectivity index (χ0n) is 8.55. The molecule has 0 spiro atoms. The van der Waals surface area contributed by atoms with Crippen LogP contribution in [0.25, 0.3) is 0 Å². The average molecular weight is 199 g/mol. The zero-order chi connectivity index (χ0) is 10.7. The van der Waals surface area contributed by atoms with Gasteiger partial charge in [-0.1, -0.05) is 24.0 Å². The van der Waals surface area contributed by atoms with E-state index < -0.39 is 0 Å². The molecule has 0 amide bonds. The van der Waals surface area contributed by atoms with E-state index in [2.05, 4.69) is 11.8 Å². The number of ketones is 1. The summed E-state index contributed by atoms with van der Waals surface area (Å²) in [7, 11) is 0. The number of nitrogens with two attached hydrogens (primary N) is 1. The normalized spacial score (nSPS) is 13.3. The fourth-order valence-corrected chi connectivity index (χ4v) is 1.84. The van der Waals surface area contributed by atoms with Crippen molar-refractivity contribution >= 4 is 5.78 Å². The first-order chi connectivity index (χ1) is 7.33. The second kappa shape index (κ2) is 4.29. The smallest absolute Gasteiger partial charge is 0.163 e. The quantitative estimate of drug-likeness (QED) is 0.697. The predicted molar refractivity (Wildman–Crippen MR) is 59.6 cm³/mol. The number of fused-ring (bicyclic) bond motifs is 1. The minimum atomic E-state index is 0.243. The molecule has 0 atom stereocenters. The second-order valence-electron chi connectivity index (χ2n) is 3.60. The Hall–Kier alpha value is -1.59. The van der Waals surface area contributed by atoms with E-state index in [4.69, 9.17) is 5.73 Å². The number of Topliss-reactive ketones (excluding diaryl/α,β-unsaturated/α-hetero) is 1. The molecule has 1 aromatic rings. The summed E-state index contributed by atoms with van der Waals surface area (Å²) in [6.45, 7) is 0.584.